The lowest BCUT2D eigenvalue weighted by Gasteiger charge is -2.06. The number of ether oxygens (including phenoxy) is 1. The number of hydrogen-bond acceptors (Lipinski definition) is 2. The van der Waals surface area contributed by atoms with Crippen molar-refractivity contribution in [1.29, 1.82) is 0 Å². The van der Waals surface area contributed by atoms with Gasteiger partial charge in [0, 0.05) is 0 Å². The summed E-state index contributed by atoms with van der Waals surface area (Å²) in [4.78, 5) is 17.1. The van der Waals surface area contributed by atoms with Crippen LogP contribution in [0.3, 0.4) is 0 Å². The van der Waals surface area contributed by atoms with Crippen LogP contribution in [0.25, 0.3) is 0 Å². The molecule has 0 amide bonds. The molecule has 0 spiro atoms. The van der Waals surface area contributed by atoms with E-state index in [4.69, 9.17) is 14.5 Å². The van der Waals surface area contributed by atoms with Gasteiger partial charge in [0.05, 0.1) is 6.10 Å². The minimum atomic E-state index is -4.02. The second-order valence-electron chi connectivity index (χ2n) is 2.36. The average molecular weight is 152 g/mol. The third kappa shape index (κ3) is 0.923. The third-order valence-corrected chi connectivity index (χ3v) is 3.32. The maximum Gasteiger partial charge on any atom is 0.359 e. The lowest BCUT2D eigenvalue weighted by molar-refractivity contribution is 0.293. The molecular weight excluding hydrogens is 143 g/mol. The normalized spacial score (nSPS) is 42.9. The fourth-order valence-corrected chi connectivity index (χ4v) is 1.40. The average Bonchev–Trinajstić information content (AvgIpc) is 2.13. The summed E-state index contributed by atoms with van der Waals surface area (Å²) in [7, 11) is -4.02. The highest BCUT2D eigenvalue weighted by atomic mass is 31.2. The Kier molecular flexibility index (Phi) is 1.27. The summed E-state index contributed by atoms with van der Waals surface area (Å²) in [6.45, 7) is 3.05. The minimum absolute atomic E-state index is 0.307. The Morgan fingerprint density at radius 3 is 2.00 bits per heavy atom. The predicted octanol–water partition coefficient (Wildman–Crippen LogP) is 0.299. The van der Waals surface area contributed by atoms with Crippen LogP contribution in [-0.4, -0.2) is 21.2 Å². The number of epoxide rings is 1. The molecule has 0 radical (unpaired) electrons. The molecule has 0 aliphatic carbocycles. The summed E-state index contributed by atoms with van der Waals surface area (Å²) >= 11 is 0. The highest BCUT2D eigenvalue weighted by molar-refractivity contribution is 7.53. The standard InChI is InChI=1S/C4H9O4P/c1-3-4(2,8-3)9(5,6)7/h3H,1-2H3,(H2,5,6,7). The van der Waals surface area contributed by atoms with Crippen LogP contribution in [0.2, 0.25) is 0 Å². The van der Waals surface area contributed by atoms with E-state index in [-0.39, 0.29) is 6.10 Å². The molecule has 2 N–H and O–H groups in total. The van der Waals surface area contributed by atoms with Gasteiger partial charge in [-0.05, 0) is 13.8 Å². The first-order valence-electron chi connectivity index (χ1n) is 2.61. The molecule has 0 bridgehead atoms. The Morgan fingerprint density at radius 1 is 1.67 bits per heavy atom. The molecule has 54 valence electrons. The molecule has 5 heteroatoms. The van der Waals surface area contributed by atoms with Crippen LogP contribution in [0.15, 0.2) is 0 Å². The molecule has 4 nitrogen and oxygen atoms in total. The minimum Gasteiger partial charge on any atom is -0.353 e. The van der Waals surface area contributed by atoms with E-state index in [1.807, 2.05) is 0 Å². The van der Waals surface area contributed by atoms with Gasteiger partial charge in [-0.3, -0.25) is 4.57 Å². The van der Waals surface area contributed by atoms with Gasteiger partial charge in [0.25, 0.3) is 0 Å². The molecule has 1 rings (SSSR count). The molecule has 1 aliphatic rings. The van der Waals surface area contributed by atoms with Crippen LogP contribution in [-0.2, 0) is 9.30 Å². The van der Waals surface area contributed by atoms with E-state index in [0.29, 0.717) is 0 Å². The molecule has 1 heterocycles. The van der Waals surface area contributed by atoms with Crippen molar-refractivity contribution in [3.8, 4) is 0 Å². The van der Waals surface area contributed by atoms with Gasteiger partial charge in [-0.25, -0.2) is 0 Å². The van der Waals surface area contributed by atoms with Gasteiger partial charge in [0.15, 0.2) is 5.34 Å². The van der Waals surface area contributed by atoms with Gasteiger partial charge in [0.1, 0.15) is 0 Å². The highest BCUT2D eigenvalue weighted by Crippen LogP contribution is 2.62. The van der Waals surface area contributed by atoms with Crippen molar-refractivity contribution >= 4 is 7.60 Å². The largest absolute Gasteiger partial charge is 0.359 e. The van der Waals surface area contributed by atoms with E-state index in [1.54, 1.807) is 6.92 Å². The second-order valence-corrected chi connectivity index (χ2v) is 4.33. The quantitative estimate of drug-likeness (QED) is 0.418. The summed E-state index contributed by atoms with van der Waals surface area (Å²) in [6, 6.07) is 0. The first kappa shape index (κ1) is 7.22. The summed E-state index contributed by atoms with van der Waals surface area (Å²) in [6.07, 6.45) is -0.307. The first-order valence-corrected chi connectivity index (χ1v) is 4.22. The third-order valence-electron chi connectivity index (χ3n) is 1.69. The van der Waals surface area contributed by atoms with E-state index in [2.05, 4.69) is 0 Å². The van der Waals surface area contributed by atoms with Crippen molar-refractivity contribution in [1.82, 2.24) is 0 Å². The maximum atomic E-state index is 10.5. The molecule has 1 saturated heterocycles. The van der Waals surface area contributed by atoms with Gasteiger partial charge < -0.3 is 14.5 Å². The molecule has 0 saturated carbocycles. The number of hydrogen-bond donors (Lipinski definition) is 2. The molecule has 0 aromatic carbocycles. The van der Waals surface area contributed by atoms with Gasteiger partial charge in [0.2, 0.25) is 0 Å². The van der Waals surface area contributed by atoms with Crippen LogP contribution in [0, 0.1) is 0 Å². The van der Waals surface area contributed by atoms with Crippen molar-refractivity contribution in [3.63, 3.8) is 0 Å². The molecule has 9 heavy (non-hydrogen) atoms. The molecule has 2 atom stereocenters. The fourth-order valence-electron chi connectivity index (χ4n) is 0.629. The maximum absolute atomic E-state index is 10.5. The van der Waals surface area contributed by atoms with Crippen molar-refractivity contribution < 1.29 is 19.1 Å². The van der Waals surface area contributed by atoms with E-state index in [1.165, 1.54) is 6.92 Å². The van der Waals surface area contributed by atoms with Crippen molar-refractivity contribution in [3.05, 3.63) is 0 Å². The van der Waals surface area contributed by atoms with E-state index in [9.17, 15) is 4.57 Å². The van der Waals surface area contributed by atoms with E-state index < -0.39 is 12.9 Å². The van der Waals surface area contributed by atoms with Gasteiger partial charge in [-0.1, -0.05) is 0 Å². The van der Waals surface area contributed by atoms with Crippen LogP contribution in [0.4, 0.5) is 0 Å². The van der Waals surface area contributed by atoms with Crippen molar-refractivity contribution in [2.24, 2.45) is 0 Å². The zero-order valence-electron chi connectivity index (χ0n) is 5.24. The predicted molar refractivity (Wildman–Crippen MR) is 31.0 cm³/mol. The topological polar surface area (TPSA) is 70.1 Å². The van der Waals surface area contributed by atoms with Crippen LogP contribution >= 0.6 is 7.60 Å². The van der Waals surface area contributed by atoms with Gasteiger partial charge in [-0.2, -0.15) is 0 Å². The SMILES string of the molecule is CC1OC1(C)P(=O)(O)O. The summed E-state index contributed by atoms with van der Waals surface area (Å²) < 4.78 is 15.2. The molecule has 1 aliphatic heterocycles. The Labute approximate surface area is 53.0 Å². The highest BCUT2D eigenvalue weighted by Gasteiger charge is 2.62. The molecule has 2 unspecified atom stereocenters. The van der Waals surface area contributed by atoms with Crippen LogP contribution in [0.5, 0.6) is 0 Å². The number of rotatable bonds is 1. The summed E-state index contributed by atoms with van der Waals surface area (Å²) in [5.41, 5.74) is 0. The van der Waals surface area contributed by atoms with Crippen LogP contribution < -0.4 is 0 Å². The molecule has 0 aromatic rings. The molecule has 0 aromatic heterocycles. The monoisotopic (exact) mass is 152 g/mol. The Hall–Kier alpha value is 0.110. The van der Waals surface area contributed by atoms with E-state index in [0.717, 1.165) is 0 Å². The molecule has 1 fully saturated rings. The summed E-state index contributed by atoms with van der Waals surface area (Å²) in [5.74, 6) is 0. The Balaban J connectivity index is 2.76. The lowest BCUT2D eigenvalue weighted by atomic mass is 10.4. The summed E-state index contributed by atoms with van der Waals surface area (Å²) in [5, 5.41) is -1.19. The second kappa shape index (κ2) is 1.58. The molecular formula is C4H9O4P. The van der Waals surface area contributed by atoms with Gasteiger partial charge in [-0.15, -0.1) is 0 Å². The first-order chi connectivity index (χ1) is 3.88. The smallest absolute Gasteiger partial charge is 0.353 e. The van der Waals surface area contributed by atoms with E-state index >= 15 is 0 Å². The Morgan fingerprint density at radius 2 is 2.00 bits per heavy atom. The van der Waals surface area contributed by atoms with Crippen LogP contribution in [0.1, 0.15) is 13.8 Å². The fraction of sp³-hybridized carbons (Fsp3) is 1.00. The Bertz CT molecular complexity index is 173. The zero-order valence-corrected chi connectivity index (χ0v) is 6.13. The van der Waals surface area contributed by atoms with Gasteiger partial charge >= 0.3 is 7.60 Å². The van der Waals surface area contributed by atoms with Crippen molar-refractivity contribution in [2.75, 3.05) is 0 Å². The zero-order chi connectivity index (χ0) is 7.28. The lowest BCUT2D eigenvalue weighted by Crippen LogP contribution is -2.07. The van der Waals surface area contributed by atoms with Crippen molar-refractivity contribution in [2.45, 2.75) is 25.3 Å².